The lowest BCUT2D eigenvalue weighted by molar-refractivity contribution is -0.137. The molecule has 198 valence electrons. The molecule has 8 nitrogen and oxygen atoms in total. The average molecular weight is 549 g/mol. The van der Waals surface area contributed by atoms with E-state index < -0.39 is 39.5 Å². The van der Waals surface area contributed by atoms with E-state index in [1.807, 2.05) is 0 Å². The van der Waals surface area contributed by atoms with Crippen molar-refractivity contribution in [1.29, 1.82) is 0 Å². The summed E-state index contributed by atoms with van der Waals surface area (Å²) >= 11 is 0. The van der Waals surface area contributed by atoms with Gasteiger partial charge in [0.2, 0.25) is 11.0 Å². The number of fused-ring (bicyclic) bond motifs is 1. The Hall–Kier alpha value is -3.84. The predicted octanol–water partition coefficient (Wildman–Crippen LogP) is 4.52. The number of hydrogen-bond acceptors (Lipinski definition) is 6. The number of pyridine rings is 2. The topological polar surface area (TPSA) is 105 Å². The molecule has 1 aliphatic heterocycles. The van der Waals surface area contributed by atoms with Crippen LogP contribution in [0.4, 0.5) is 17.6 Å². The largest absolute Gasteiger partial charge is 0.443 e. The quantitative estimate of drug-likeness (QED) is 0.356. The molecule has 13 heteroatoms. The summed E-state index contributed by atoms with van der Waals surface area (Å²) in [5, 5.41) is 2.62. The lowest BCUT2D eigenvalue weighted by Crippen LogP contribution is -2.45. The second-order valence-corrected chi connectivity index (χ2v) is 10.6. The van der Waals surface area contributed by atoms with E-state index in [1.54, 1.807) is 6.07 Å². The molecule has 1 amide bonds. The molecule has 0 bridgehead atoms. The lowest BCUT2D eigenvalue weighted by atomic mass is 10.1. The Labute approximate surface area is 214 Å². The SMILES string of the molecule is O=C(NCc1cncc(-c2ccc(C(F)(F)F)cn2)c1)[C@@H]1CCCN1S(=O)(=O)c1cc2cc(F)ccc2o1. The molecule has 1 fully saturated rings. The number of nitrogens with zero attached hydrogens (tertiary/aromatic N) is 3. The molecule has 1 saturated heterocycles. The van der Waals surface area contributed by atoms with Crippen molar-refractivity contribution in [2.24, 2.45) is 0 Å². The molecule has 38 heavy (non-hydrogen) atoms. The molecule has 0 unspecified atom stereocenters. The summed E-state index contributed by atoms with van der Waals surface area (Å²) in [7, 11) is -4.16. The maximum absolute atomic E-state index is 13.5. The van der Waals surface area contributed by atoms with Gasteiger partial charge >= 0.3 is 6.18 Å². The third-order valence-corrected chi connectivity index (χ3v) is 7.94. The zero-order valence-electron chi connectivity index (χ0n) is 19.6. The molecule has 3 aromatic heterocycles. The van der Waals surface area contributed by atoms with E-state index >= 15 is 0 Å². The van der Waals surface area contributed by atoms with Crippen molar-refractivity contribution >= 4 is 26.9 Å². The van der Waals surface area contributed by atoms with Crippen LogP contribution in [-0.4, -0.2) is 41.2 Å². The molecule has 5 rings (SSSR count). The fraction of sp³-hybridized carbons (Fsp3) is 0.240. The number of amides is 1. The lowest BCUT2D eigenvalue weighted by Gasteiger charge is -2.22. The highest BCUT2D eigenvalue weighted by Crippen LogP contribution is 2.31. The van der Waals surface area contributed by atoms with Crippen LogP contribution in [-0.2, 0) is 27.5 Å². The summed E-state index contributed by atoms with van der Waals surface area (Å²) in [4.78, 5) is 20.9. The first kappa shape index (κ1) is 25.8. The molecule has 0 radical (unpaired) electrons. The van der Waals surface area contributed by atoms with Crippen molar-refractivity contribution in [3.05, 3.63) is 78.0 Å². The van der Waals surface area contributed by atoms with Gasteiger partial charge < -0.3 is 9.73 Å². The Balaban J connectivity index is 1.28. The van der Waals surface area contributed by atoms with E-state index in [0.29, 0.717) is 29.4 Å². The second kappa shape index (κ2) is 9.80. The number of furan rings is 1. The van der Waals surface area contributed by atoms with E-state index in [1.165, 1.54) is 30.6 Å². The van der Waals surface area contributed by atoms with Gasteiger partial charge in [0, 0.05) is 48.7 Å². The van der Waals surface area contributed by atoms with Gasteiger partial charge in [0.25, 0.3) is 10.0 Å². The summed E-state index contributed by atoms with van der Waals surface area (Å²) < 4.78 is 84.9. The fourth-order valence-corrected chi connectivity index (χ4v) is 5.89. The van der Waals surface area contributed by atoms with Gasteiger partial charge in [0.15, 0.2) is 0 Å². The number of carbonyl (C=O) groups is 1. The number of carbonyl (C=O) groups excluding carboxylic acids is 1. The van der Waals surface area contributed by atoms with Gasteiger partial charge in [-0.2, -0.15) is 17.5 Å². The first-order valence-electron chi connectivity index (χ1n) is 11.5. The van der Waals surface area contributed by atoms with Gasteiger partial charge in [0.1, 0.15) is 17.4 Å². The normalized spacial score (nSPS) is 16.7. The van der Waals surface area contributed by atoms with E-state index in [0.717, 1.165) is 28.7 Å². The van der Waals surface area contributed by atoms with Gasteiger partial charge in [-0.25, -0.2) is 12.8 Å². The van der Waals surface area contributed by atoms with Crippen LogP contribution in [0.25, 0.3) is 22.2 Å². The van der Waals surface area contributed by atoms with Crippen molar-refractivity contribution in [3.8, 4) is 11.3 Å². The van der Waals surface area contributed by atoms with Gasteiger partial charge in [-0.05, 0) is 54.8 Å². The first-order chi connectivity index (χ1) is 18.0. The summed E-state index contributed by atoms with van der Waals surface area (Å²) in [5.74, 6) is -1.06. The predicted molar refractivity (Wildman–Crippen MR) is 127 cm³/mol. The summed E-state index contributed by atoms with van der Waals surface area (Å²) in [6.07, 6.45) is -0.0936. The standard InChI is InChI=1S/C25H20F4N4O4S/c26-19-4-6-22-16(9-19)10-23(37-22)38(35,36)33-7-1-2-21(33)24(34)32-12-15-8-17(13-30-11-15)20-5-3-18(14-31-20)25(27,28)29/h3-6,8-11,13-14,21H,1-2,7,12H2,(H,32,34)/t21-/m0/s1. The summed E-state index contributed by atoms with van der Waals surface area (Å²) in [6.45, 7) is 0.122. The molecule has 4 heterocycles. The van der Waals surface area contributed by atoms with Crippen LogP contribution < -0.4 is 5.32 Å². The van der Waals surface area contributed by atoms with Crippen molar-refractivity contribution < 1.29 is 35.2 Å². The van der Waals surface area contributed by atoms with Crippen molar-refractivity contribution in [2.75, 3.05) is 6.54 Å². The molecule has 0 spiro atoms. The van der Waals surface area contributed by atoms with Crippen molar-refractivity contribution in [3.63, 3.8) is 0 Å². The molecular weight excluding hydrogens is 528 g/mol. The third-order valence-electron chi connectivity index (χ3n) is 6.17. The molecule has 0 saturated carbocycles. The molecule has 1 aromatic carbocycles. The smallest absolute Gasteiger partial charge is 0.417 e. The Kier molecular flexibility index (Phi) is 6.65. The number of nitrogens with one attached hydrogen (secondary N) is 1. The van der Waals surface area contributed by atoms with Crippen molar-refractivity contribution in [2.45, 2.75) is 36.7 Å². The molecule has 4 aromatic rings. The Morgan fingerprint density at radius 3 is 2.66 bits per heavy atom. The molecule has 1 N–H and O–H groups in total. The Morgan fingerprint density at radius 1 is 1.11 bits per heavy atom. The monoisotopic (exact) mass is 548 g/mol. The molecule has 1 aliphatic rings. The number of rotatable bonds is 6. The van der Waals surface area contributed by atoms with Gasteiger partial charge in [-0.15, -0.1) is 0 Å². The number of alkyl halides is 3. The highest BCUT2D eigenvalue weighted by molar-refractivity contribution is 7.89. The number of halogens is 4. The highest BCUT2D eigenvalue weighted by Gasteiger charge is 2.41. The van der Waals surface area contributed by atoms with Crippen LogP contribution in [0.2, 0.25) is 0 Å². The molecule has 1 atom stereocenters. The molecule has 0 aliphatic carbocycles. The van der Waals surface area contributed by atoms with E-state index in [-0.39, 0.29) is 29.5 Å². The molecular formula is C25H20F4N4O4S. The fourth-order valence-electron chi connectivity index (χ4n) is 4.29. The number of sulfonamides is 1. The van der Waals surface area contributed by atoms with Crippen LogP contribution in [0.1, 0.15) is 24.0 Å². The maximum atomic E-state index is 13.5. The van der Waals surface area contributed by atoms with Crippen LogP contribution >= 0.6 is 0 Å². The van der Waals surface area contributed by atoms with Gasteiger partial charge in [-0.3, -0.25) is 14.8 Å². The third kappa shape index (κ3) is 5.11. The minimum atomic E-state index is -4.50. The van der Waals surface area contributed by atoms with Gasteiger partial charge in [0.05, 0.1) is 11.3 Å². The minimum absolute atomic E-state index is 0.00854. The van der Waals surface area contributed by atoms with Crippen LogP contribution in [0, 0.1) is 5.82 Å². The minimum Gasteiger partial charge on any atom is -0.443 e. The zero-order chi connectivity index (χ0) is 27.1. The Bertz CT molecular complexity index is 1600. The van der Waals surface area contributed by atoms with Gasteiger partial charge in [-0.1, -0.05) is 0 Å². The summed E-state index contributed by atoms with van der Waals surface area (Å²) in [5.41, 5.74) is 0.613. The van der Waals surface area contributed by atoms with Crippen molar-refractivity contribution in [1.82, 2.24) is 19.6 Å². The van der Waals surface area contributed by atoms with Crippen LogP contribution in [0.3, 0.4) is 0 Å². The number of benzene rings is 1. The van der Waals surface area contributed by atoms with E-state index in [2.05, 4.69) is 15.3 Å². The average Bonchev–Trinajstić information content (AvgIpc) is 3.55. The second-order valence-electron chi connectivity index (χ2n) is 8.75. The van der Waals surface area contributed by atoms with Crippen LogP contribution in [0.5, 0.6) is 0 Å². The van der Waals surface area contributed by atoms with Crippen LogP contribution in [0.15, 0.2) is 70.6 Å². The Morgan fingerprint density at radius 2 is 1.92 bits per heavy atom. The van der Waals surface area contributed by atoms with E-state index in [4.69, 9.17) is 4.42 Å². The number of hydrogen-bond donors (Lipinski definition) is 1. The number of aromatic nitrogens is 2. The first-order valence-corrected chi connectivity index (χ1v) is 12.9. The highest BCUT2D eigenvalue weighted by atomic mass is 32.2. The zero-order valence-corrected chi connectivity index (χ0v) is 20.4. The van der Waals surface area contributed by atoms with E-state index in [9.17, 15) is 30.8 Å². The maximum Gasteiger partial charge on any atom is 0.417 e. The summed E-state index contributed by atoms with van der Waals surface area (Å²) in [6, 6.07) is 7.69.